The maximum absolute atomic E-state index is 12.5. The van der Waals surface area contributed by atoms with Crippen molar-refractivity contribution >= 4 is 39.2 Å². The van der Waals surface area contributed by atoms with Gasteiger partial charge in [0.25, 0.3) is 0 Å². The summed E-state index contributed by atoms with van der Waals surface area (Å²) in [7, 11) is -2.19. The van der Waals surface area contributed by atoms with Crippen LogP contribution >= 0.6 is 23.2 Å². The van der Waals surface area contributed by atoms with E-state index in [1.807, 2.05) is 6.07 Å². The number of rotatable bonds is 10. The lowest BCUT2D eigenvalue weighted by Gasteiger charge is -2.10. The lowest BCUT2D eigenvalue weighted by molar-refractivity contribution is -0.139. The van der Waals surface area contributed by atoms with E-state index in [4.69, 9.17) is 27.9 Å². The van der Waals surface area contributed by atoms with Gasteiger partial charge in [-0.05, 0) is 53.4 Å². The van der Waals surface area contributed by atoms with E-state index in [0.29, 0.717) is 28.0 Å². The first-order valence-electron chi connectivity index (χ1n) is 10.1. The summed E-state index contributed by atoms with van der Waals surface area (Å²) in [5, 5.41) is 0.920. The average Bonchev–Trinajstić information content (AvgIpc) is 2.76. The molecule has 3 rings (SSSR count). The summed E-state index contributed by atoms with van der Waals surface area (Å²) in [6.45, 7) is 0.135. The Labute approximate surface area is 203 Å². The molecular weight excluding hydrogens is 485 g/mol. The molecule has 0 spiro atoms. The van der Waals surface area contributed by atoms with Gasteiger partial charge in [0.05, 0.1) is 19.3 Å². The van der Waals surface area contributed by atoms with Gasteiger partial charge in [0.2, 0.25) is 10.0 Å². The molecule has 33 heavy (non-hydrogen) atoms. The molecule has 0 aliphatic carbocycles. The third-order valence-corrected chi connectivity index (χ3v) is 6.46. The number of esters is 1. The zero-order chi connectivity index (χ0) is 23.8. The van der Waals surface area contributed by atoms with Gasteiger partial charge in [-0.25, -0.2) is 13.1 Å². The van der Waals surface area contributed by atoms with Gasteiger partial charge in [0, 0.05) is 16.6 Å². The highest BCUT2D eigenvalue weighted by Crippen LogP contribution is 2.28. The Morgan fingerprint density at radius 1 is 0.879 bits per heavy atom. The van der Waals surface area contributed by atoms with E-state index in [-0.39, 0.29) is 24.7 Å². The van der Waals surface area contributed by atoms with Crippen LogP contribution in [0.3, 0.4) is 0 Å². The fourth-order valence-corrected chi connectivity index (χ4v) is 4.64. The highest BCUT2D eigenvalue weighted by atomic mass is 35.5. The number of aryl methyl sites for hydroxylation is 1. The van der Waals surface area contributed by atoms with Crippen LogP contribution < -0.4 is 9.46 Å². The first kappa shape index (κ1) is 25.1. The van der Waals surface area contributed by atoms with E-state index in [9.17, 15) is 13.2 Å². The zero-order valence-corrected chi connectivity index (χ0v) is 20.2. The molecule has 0 radical (unpaired) electrons. The van der Waals surface area contributed by atoms with Crippen LogP contribution in [0, 0.1) is 0 Å². The quantitative estimate of drug-likeness (QED) is 0.383. The number of halogens is 2. The highest BCUT2D eigenvalue weighted by Gasteiger charge is 2.12. The Morgan fingerprint density at radius 2 is 1.55 bits per heavy atom. The standard InChI is InChI=1S/C24H23Cl2NO5S/c1-31-24(28)12-18-5-2-6-19(10-18)16-27-33(29,30)9-8-17-4-3-7-22(11-17)32-23-14-20(25)13-21(26)15-23/h2-7,10-11,13-15,27H,8-9,12,16H2,1H3. The predicted molar refractivity (Wildman–Crippen MR) is 129 cm³/mol. The van der Waals surface area contributed by atoms with Crippen molar-refractivity contribution in [1.82, 2.24) is 4.72 Å². The van der Waals surface area contributed by atoms with Crippen molar-refractivity contribution < 1.29 is 22.7 Å². The molecule has 174 valence electrons. The largest absolute Gasteiger partial charge is 0.469 e. The van der Waals surface area contributed by atoms with Gasteiger partial charge in [0.15, 0.2) is 0 Å². The van der Waals surface area contributed by atoms with Crippen molar-refractivity contribution in [2.24, 2.45) is 0 Å². The Bertz CT molecular complexity index is 1210. The first-order chi connectivity index (χ1) is 15.7. The van der Waals surface area contributed by atoms with Crippen LogP contribution in [0.2, 0.25) is 10.0 Å². The number of hydrogen-bond acceptors (Lipinski definition) is 5. The number of sulfonamides is 1. The minimum Gasteiger partial charge on any atom is -0.469 e. The number of nitrogens with one attached hydrogen (secondary N) is 1. The Morgan fingerprint density at radius 3 is 2.27 bits per heavy atom. The summed E-state index contributed by atoms with van der Waals surface area (Å²) in [6, 6.07) is 19.2. The Hall–Kier alpha value is -2.58. The van der Waals surface area contributed by atoms with E-state index < -0.39 is 10.0 Å². The Kier molecular flexibility index (Phi) is 8.74. The predicted octanol–water partition coefficient (Wildman–Crippen LogP) is 5.16. The van der Waals surface area contributed by atoms with Crippen LogP contribution in [0.5, 0.6) is 11.5 Å². The van der Waals surface area contributed by atoms with Crippen molar-refractivity contribution in [2.45, 2.75) is 19.4 Å². The fourth-order valence-electron chi connectivity index (χ4n) is 3.09. The van der Waals surface area contributed by atoms with Gasteiger partial charge < -0.3 is 9.47 Å². The minimum absolute atomic E-state index is 0.0820. The van der Waals surface area contributed by atoms with Gasteiger partial charge in [-0.2, -0.15) is 0 Å². The topological polar surface area (TPSA) is 81.7 Å². The lowest BCUT2D eigenvalue weighted by atomic mass is 10.1. The molecule has 0 aliphatic rings. The maximum atomic E-state index is 12.5. The number of ether oxygens (including phenoxy) is 2. The zero-order valence-electron chi connectivity index (χ0n) is 17.9. The molecule has 0 heterocycles. The SMILES string of the molecule is COC(=O)Cc1cccc(CNS(=O)(=O)CCc2cccc(Oc3cc(Cl)cc(Cl)c3)c2)c1. The van der Waals surface area contributed by atoms with E-state index in [1.165, 1.54) is 7.11 Å². The van der Waals surface area contributed by atoms with Gasteiger partial charge in [-0.15, -0.1) is 0 Å². The molecule has 9 heteroatoms. The smallest absolute Gasteiger partial charge is 0.309 e. The molecule has 3 aromatic rings. The summed E-state index contributed by atoms with van der Waals surface area (Å²) < 4.78 is 38.0. The third-order valence-electron chi connectivity index (χ3n) is 4.69. The van der Waals surface area contributed by atoms with Crippen LogP contribution in [-0.4, -0.2) is 27.2 Å². The van der Waals surface area contributed by atoms with Crippen LogP contribution in [0.1, 0.15) is 16.7 Å². The van der Waals surface area contributed by atoms with E-state index >= 15 is 0 Å². The number of carbonyl (C=O) groups excluding carboxylic acids is 1. The number of carbonyl (C=O) groups is 1. The molecule has 6 nitrogen and oxygen atoms in total. The molecular formula is C24H23Cl2NO5S. The Balaban J connectivity index is 1.56. The van der Waals surface area contributed by atoms with Gasteiger partial charge in [0.1, 0.15) is 11.5 Å². The normalized spacial score (nSPS) is 11.2. The summed E-state index contributed by atoms with van der Waals surface area (Å²) >= 11 is 12.0. The molecule has 0 saturated heterocycles. The molecule has 0 saturated carbocycles. The van der Waals surface area contributed by atoms with Crippen LogP contribution in [0.4, 0.5) is 0 Å². The molecule has 0 unspecified atom stereocenters. The molecule has 0 aromatic heterocycles. The molecule has 0 aliphatic heterocycles. The first-order valence-corrected chi connectivity index (χ1v) is 12.5. The second kappa shape index (κ2) is 11.5. The fraction of sp³-hybridized carbons (Fsp3) is 0.208. The molecule has 0 atom stereocenters. The summed E-state index contributed by atoms with van der Waals surface area (Å²) in [5.74, 6) is 0.616. The number of hydrogen-bond donors (Lipinski definition) is 1. The summed E-state index contributed by atoms with van der Waals surface area (Å²) in [4.78, 5) is 11.4. The third kappa shape index (κ3) is 8.37. The van der Waals surface area contributed by atoms with Gasteiger partial charge >= 0.3 is 5.97 Å². The van der Waals surface area contributed by atoms with E-state index in [0.717, 1.165) is 16.7 Å². The van der Waals surface area contributed by atoms with Crippen molar-refractivity contribution in [3.8, 4) is 11.5 Å². The monoisotopic (exact) mass is 507 g/mol. The maximum Gasteiger partial charge on any atom is 0.309 e. The molecule has 0 amide bonds. The van der Waals surface area contributed by atoms with Crippen LogP contribution in [-0.2, 0) is 38.9 Å². The molecule has 3 aromatic carbocycles. The highest BCUT2D eigenvalue weighted by molar-refractivity contribution is 7.89. The van der Waals surface area contributed by atoms with Crippen molar-refractivity contribution in [2.75, 3.05) is 12.9 Å². The average molecular weight is 508 g/mol. The van der Waals surface area contributed by atoms with Crippen molar-refractivity contribution in [3.63, 3.8) is 0 Å². The van der Waals surface area contributed by atoms with Gasteiger partial charge in [-0.3, -0.25) is 4.79 Å². The molecule has 0 bridgehead atoms. The second-order valence-corrected chi connectivity index (χ2v) is 10.1. The lowest BCUT2D eigenvalue weighted by Crippen LogP contribution is -2.27. The van der Waals surface area contributed by atoms with Crippen molar-refractivity contribution in [3.05, 3.63) is 93.5 Å². The van der Waals surface area contributed by atoms with Crippen molar-refractivity contribution in [1.29, 1.82) is 0 Å². The number of benzene rings is 3. The van der Waals surface area contributed by atoms with E-state index in [2.05, 4.69) is 9.46 Å². The van der Waals surface area contributed by atoms with Crippen LogP contribution in [0.15, 0.2) is 66.7 Å². The van der Waals surface area contributed by atoms with E-state index in [1.54, 1.807) is 60.7 Å². The molecule has 0 fully saturated rings. The molecule has 1 N–H and O–H groups in total. The minimum atomic E-state index is -3.52. The van der Waals surface area contributed by atoms with Gasteiger partial charge in [-0.1, -0.05) is 59.6 Å². The summed E-state index contributed by atoms with van der Waals surface area (Å²) in [5.41, 5.74) is 2.33. The van der Waals surface area contributed by atoms with Crippen LogP contribution in [0.25, 0.3) is 0 Å². The second-order valence-electron chi connectivity index (χ2n) is 7.32. The number of methoxy groups -OCH3 is 1. The summed E-state index contributed by atoms with van der Waals surface area (Å²) in [6.07, 6.45) is 0.447.